The van der Waals surface area contributed by atoms with E-state index >= 15 is 0 Å². The lowest BCUT2D eigenvalue weighted by molar-refractivity contribution is -0.141. The molecule has 1 spiro atoms. The van der Waals surface area contributed by atoms with Crippen molar-refractivity contribution in [3.05, 3.63) is 64.5 Å². The van der Waals surface area contributed by atoms with Gasteiger partial charge in [0.15, 0.2) is 0 Å². The maximum Gasteiger partial charge on any atom is 0.433 e. The van der Waals surface area contributed by atoms with Crippen molar-refractivity contribution in [1.82, 2.24) is 10.3 Å². The Balaban J connectivity index is 2.08. The number of benzene rings is 1. The summed E-state index contributed by atoms with van der Waals surface area (Å²) < 4.78 is 40.1. The normalized spacial score (nSPS) is 23.0. The van der Waals surface area contributed by atoms with Crippen molar-refractivity contribution >= 4 is 11.7 Å². The number of fused-ring (bicyclic) bond motifs is 4. The molecule has 1 aromatic carbocycles. The number of hydrogen-bond acceptors (Lipinski definition) is 3. The Bertz CT molecular complexity index is 994. The van der Waals surface area contributed by atoms with Crippen LogP contribution >= 0.6 is 0 Å². The average molecular weight is 373 g/mol. The molecule has 2 heterocycles. The molecule has 1 unspecified atom stereocenters. The summed E-state index contributed by atoms with van der Waals surface area (Å²) in [5, 5.41) is 2.81. The summed E-state index contributed by atoms with van der Waals surface area (Å²) in [7, 11) is 1.58. The number of pyridine rings is 1. The number of amides is 1. The van der Waals surface area contributed by atoms with Crippen LogP contribution in [-0.2, 0) is 21.8 Å². The number of alkyl halides is 3. The molecule has 0 saturated carbocycles. The Hall–Kier alpha value is -2.70. The van der Waals surface area contributed by atoms with Gasteiger partial charge in [-0.15, -0.1) is 0 Å². The van der Waals surface area contributed by atoms with Gasteiger partial charge < -0.3 is 5.32 Å². The monoisotopic (exact) mass is 373 g/mol. The van der Waals surface area contributed by atoms with Gasteiger partial charge in [0.25, 0.3) is 5.91 Å². The molecule has 7 heteroatoms. The van der Waals surface area contributed by atoms with E-state index in [-0.39, 0.29) is 11.5 Å². The fourth-order valence-corrected chi connectivity index (χ4v) is 4.38. The highest BCUT2D eigenvalue weighted by Crippen LogP contribution is 2.55. The maximum atomic E-state index is 13.4. The molecule has 1 N–H and O–H groups in total. The summed E-state index contributed by atoms with van der Waals surface area (Å²) >= 11 is 0. The van der Waals surface area contributed by atoms with Crippen molar-refractivity contribution in [1.29, 1.82) is 0 Å². The van der Waals surface area contributed by atoms with Crippen LogP contribution in [0.3, 0.4) is 0 Å². The van der Waals surface area contributed by atoms with Gasteiger partial charge in [0.05, 0.1) is 5.69 Å². The quantitative estimate of drug-likeness (QED) is 0.768. The lowest BCUT2D eigenvalue weighted by atomic mass is 9.72. The smallest absolute Gasteiger partial charge is 0.372 e. The predicted octanol–water partition coefficient (Wildman–Crippen LogP) is 3.57. The maximum absolute atomic E-state index is 13.4. The largest absolute Gasteiger partial charge is 0.433 e. The van der Waals surface area contributed by atoms with Gasteiger partial charge in [-0.05, 0) is 35.1 Å². The van der Waals surface area contributed by atoms with E-state index in [4.69, 9.17) is 0 Å². The van der Waals surface area contributed by atoms with Crippen LogP contribution in [0.5, 0.6) is 0 Å². The predicted molar refractivity (Wildman–Crippen MR) is 94.7 cm³/mol. The number of nitrogens with one attached hydrogen (secondary N) is 1. The highest BCUT2D eigenvalue weighted by molar-refractivity contribution is 6.13. The van der Waals surface area contributed by atoms with E-state index in [1.807, 2.05) is 26.0 Å². The van der Waals surface area contributed by atoms with Crippen molar-refractivity contribution in [3.63, 3.8) is 0 Å². The molecule has 0 saturated heterocycles. The summed E-state index contributed by atoms with van der Waals surface area (Å²) in [6.45, 7) is 3.97. The molecule has 1 atom stereocenters. The number of nitrogens with zero attached hydrogens (tertiary/aromatic N) is 2. The molecular formula is C20H18F3N3O. The van der Waals surface area contributed by atoms with E-state index in [9.17, 15) is 18.0 Å². The third kappa shape index (κ3) is 2.33. The Morgan fingerprint density at radius 1 is 1.07 bits per heavy atom. The fourth-order valence-electron chi connectivity index (χ4n) is 4.38. The molecule has 1 amide bonds. The Kier molecular flexibility index (Phi) is 3.54. The van der Waals surface area contributed by atoms with Gasteiger partial charge in [-0.3, -0.25) is 4.79 Å². The zero-order valence-corrected chi connectivity index (χ0v) is 15.1. The Labute approximate surface area is 154 Å². The average Bonchev–Trinajstić information content (AvgIpc) is 2.86. The minimum Gasteiger partial charge on any atom is -0.372 e. The van der Waals surface area contributed by atoms with Gasteiger partial charge in [-0.25, -0.2) is 4.98 Å². The Morgan fingerprint density at radius 3 is 2.37 bits per heavy atom. The van der Waals surface area contributed by atoms with Crippen molar-refractivity contribution in [2.75, 3.05) is 7.05 Å². The molecule has 4 nitrogen and oxygen atoms in total. The van der Waals surface area contributed by atoms with Gasteiger partial charge in [0, 0.05) is 12.6 Å². The van der Waals surface area contributed by atoms with E-state index in [1.165, 1.54) is 6.07 Å². The van der Waals surface area contributed by atoms with Crippen LogP contribution in [0.2, 0.25) is 0 Å². The van der Waals surface area contributed by atoms with Gasteiger partial charge >= 0.3 is 6.18 Å². The van der Waals surface area contributed by atoms with Crippen LogP contribution < -0.4 is 5.32 Å². The topological polar surface area (TPSA) is 54.4 Å². The first-order valence-electron chi connectivity index (χ1n) is 8.61. The molecule has 1 aliphatic heterocycles. The minimum atomic E-state index is -4.60. The van der Waals surface area contributed by atoms with Gasteiger partial charge in [0.1, 0.15) is 16.9 Å². The molecule has 0 radical (unpaired) electrons. The molecule has 1 aromatic heterocycles. The van der Waals surface area contributed by atoms with Crippen LogP contribution in [0.25, 0.3) is 0 Å². The zero-order valence-electron chi connectivity index (χ0n) is 15.1. The van der Waals surface area contributed by atoms with E-state index in [1.54, 1.807) is 19.2 Å². The number of rotatable bonds is 0. The lowest BCUT2D eigenvalue weighted by Gasteiger charge is -2.34. The summed E-state index contributed by atoms with van der Waals surface area (Å²) in [4.78, 5) is 21.4. The van der Waals surface area contributed by atoms with E-state index < -0.39 is 28.6 Å². The molecule has 1 aliphatic carbocycles. The highest BCUT2D eigenvalue weighted by Gasteiger charge is 2.57. The molecule has 2 aromatic rings. The number of halogens is 3. The number of aliphatic imine (C=N–C) groups is 1. The van der Waals surface area contributed by atoms with E-state index in [0.29, 0.717) is 17.5 Å². The molecule has 0 fully saturated rings. The number of carbonyl (C=O) groups excluding carboxylic acids is 1. The second-order valence-corrected chi connectivity index (χ2v) is 7.62. The number of hydrogen-bond donors (Lipinski definition) is 1. The summed E-state index contributed by atoms with van der Waals surface area (Å²) in [6.07, 6.45) is -4.28. The van der Waals surface area contributed by atoms with Crippen LogP contribution in [0, 0.1) is 0 Å². The first kappa shape index (κ1) is 17.7. The SMILES string of the molecule is CNC1=NC(=O)C2(CC(C)(C)c3ccccc32)c2nc(C(F)(F)F)ccc21. The van der Waals surface area contributed by atoms with Crippen LogP contribution in [0.1, 0.15) is 48.3 Å². The molecule has 4 rings (SSSR count). The molecule has 27 heavy (non-hydrogen) atoms. The second kappa shape index (κ2) is 5.41. The van der Waals surface area contributed by atoms with Crippen LogP contribution in [-0.4, -0.2) is 23.8 Å². The highest BCUT2D eigenvalue weighted by atomic mass is 19.4. The first-order chi connectivity index (χ1) is 12.6. The number of aromatic nitrogens is 1. The summed E-state index contributed by atoms with van der Waals surface area (Å²) in [5.74, 6) is -0.242. The summed E-state index contributed by atoms with van der Waals surface area (Å²) in [5.41, 5.74) is -0.535. The molecule has 140 valence electrons. The van der Waals surface area contributed by atoms with E-state index in [0.717, 1.165) is 11.6 Å². The van der Waals surface area contributed by atoms with E-state index in [2.05, 4.69) is 15.3 Å². The van der Waals surface area contributed by atoms with Crippen molar-refractivity contribution in [2.24, 2.45) is 4.99 Å². The van der Waals surface area contributed by atoms with Crippen molar-refractivity contribution in [2.45, 2.75) is 37.3 Å². The summed E-state index contributed by atoms with van der Waals surface area (Å²) in [6, 6.07) is 9.66. The molecular weight excluding hydrogens is 355 g/mol. The first-order valence-corrected chi connectivity index (χ1v) is 8.61. The number of carbonyl (C=O) groups is 1. The van der Waals surface area contributed by atoms with Crippen molar-refractivity contribution < 1.29 is 18.0 Å². The Morgan fingerprint density at radius 2 is 1.74 bits per heavy atom. The van der Waals surface area contributed by atoms with Gasteiger partial charge in [-0.2, -0.15) is 18.2 Å². The minimum absolute atomic E-state index is 0.125. The van der Waals surface area contributed by atoms with Gasteiger partial charge in [0.2, 0.25) is 0 Å². The standard InChI is InChI=1S/C20H18F3N3O/c1-18(2)10-19(13-7-5-4-6-12(13)18)15-11(16(24-3)26-17(19)27)8-9-14(25-15)20(21,22)23/h4-9H,10H2,1-3H3,(H,24,26,27). The van der Waals surface area contributed by atoms with Crippen LogP contribution in [0.15, 0.2) is 41.4 Å². The molecule has 2 aliphatic rings. The third-order valence-electron chi connectivity index (χ3n) is 5.48. The second-order valence-electron chi connectivity index (χ2n) is 7.62. The van der Waals surface area contributed by atoms with Crippen molar-refractivity contribution in [3.8, 4) is 0 Å². The lowest BCUT2D eigenvalue weighted by Crippen LogP contribution is -2.44. The number of amidine groups is 1. The third-order valence-corrected chi connectivity index (χ3v) is 5.48. The van der Waals surface area contributed by atoms with Gasteiger partial charge in [-0.1, -0.05) is 38.1 Å². The fraction of sp³-hybridized carbons (Fsp3) is 0.350. The van der Waals surface area contributed by atoms with Crippen LogP contribution in [0.4, 0.5) is 13.2 Å². The molecule has 0 bridgehead atoms. The zero-order chi connectivity index (χ0) is 19.6.